The molecule has 0 amide bonds. The number of carbonyl (C=O) groups is 5. The summed E-state index contributed by atoms with van der Waals surface area (Å²) >= 11 is 0. The van der Waals surface area contributed by atoms with E-state index in [4.69, 9.17) is 39.4 Å². The largest absolute Gasteiger partial charge is 0.496 e. The summed E-state index contributed by atoms with van der Waals surface area (Å²) in [6.07, 6.45) is 5.12. The van der Waals surface area contributed by atoms with Crippen LogP contribution in [-0.2, 0) is 55.6 Å². The Morgan fingerprint density at radius 2 is 1.63 bits per heavy atom. The predicted octanol–water partition coefficient (Wildman–Crippen LogP) is 3.97. The number of aromatic nitrogens is 1. The molecule has 360 valence electrons. The molecule has 3 aliphatic heterocycles. The van der Waals surface area contributed by atoms with Gasteiger partial charge in [0.15, 0.2) is 18.3 Å². The zero-order valence-electron chi connectivity index (χ0n) is 38.9. The van der Waals surface area contributed by atoms with Gasteiger partial charge in [-0.2, -0.15) is 0 Å². The van der Waals surface area contributed by atoms with Crippen LogP contribution in [0.5, 0.6) is 5.75 Å². The lowest BCUT2D eigenvalue weighted by atomic mass is 9.44. The number of ether oxygens (including phenoxy) is 4. The number of likely N-dealkylation sites (N-methyl/N-ethyl adjacent to an activating group) is 1. The number of fused-ring (bicyclic) bond motifs is 6. The third kappa shape index (κ3) is 6.89. The Kier molecular flexibility index (Phi) is 12.4. The molecule has 2 bridgehead atoms. The van der Waals surface area contributed by atoms with E-state index in [-0.39, 0.29) is 23.7 Å². The standard InChI is InChI=1S/C46H55N3O8.C4H6O6/c1-8-27-19-28-22-45(41(51)55-6,38-31(25-49(23-27)24-28)30-14-10-11-15-34(30)47-38)33-20-32-35(21-36(33)54-5)48(4)39-44(32)18-16-29-13-12-17-43(9-2,37(29)44)40(57-26(3)50)46(39,53)42(52)56-7;5-1(3(7)8)2(6)4(9)10/h10-12,14-15,17,19-21,28-29,37,39-40,47,53H,8-9,13,16,18,22-25H2,1-7H3;1-2,5-6H,(H,7,8)(H,9,10)/t28?,29-,37?,39?,40-,43+,44-,45+,46+;1-,2-/m11/s1. The van der Waals surface area contributed by atoms with Crippen LogP contribution >= 0.6 is 0 Å². The van der Waals surface area contributed by atoms with Crippen molar-refractivity contribution in [2.75, 3.05) is 46.4 Å². The Hall–Kier alpha value is -5.75. The Labute approximate surface area is 388 Å². The van der Waals surface area contributed by atoms with E-state index in [1.54, 1.807) is 7.11 Å². The number of esters is 3. The Morgan fingerprint density at radius 1 is 0.940 bits per heavy atom. The maximum absolute atomic E-state index is 15.2. The van der Waals surface area contributed by atoms with Crippen LogP contribution in [0, 0.1) is 23.2 Å². The number of nitrogens with one attached hydrogen (secondary N) is 1. The minimum absolute atomic E-state index is 0.0366. The molecule has 4 heterocycles. The van der Waals surface area contributed by atoms with Gasteiger partial charge in [0, 0.05) is 78.3 Å². The predicted molar refractivity (Wildman–Crippen MR) is 242 cm³/mol. The van der Waals surface area contributed by atoms with E-state index >= 15 is 4.79 Å². The van der Waals surface area contributed by atoms with Crippen LogP contribution in [0.3, 0.4) is 0 Å². The zero-order valence-corrected chi connectivity index (χ0v) is 38.9. The van der Waals surface area contributed by atoms with Crippen LogP contribution in [0.15, 0.2) is 60.2 Å². The molecule has 3 aromatic rings. The average Bonchev–Trinajstić information content (AvgIpc) is 3.97. The number of anilines is 1. The summed E-state index contributed by atoms with van der Waals surface area (Å²) in [6, 6.07) is 11.5. The molecule has 3 aliphatic carbocycles. The third-order valence-corrected chi connectivity index (χ3v) is 16.0. The van der Waals surface area contributed by atoms with E-state index in [1.807, 2.05) is 30.1 Å². The van der Waals surface area contributed by atoms with Crippen molar-refractivity contribution in [3.63, 3.8) is 0 Å². The van der Waals surface area contributed by atoms with Crippen molar-refractivity contribution in [1.29, 1.82) is 0 Å². The summed E-state index contributed by atoms with van der Waals surface area (Å²) in [4.78, 5) is 70.3. The summed E-state index contributed by atoms with van der Waals surface area (Å²) < 4.78 is 23.9. The number of aliphatic carboxylic acids is 2. The lowest BCUT2D eigenvalue weighted by molar-refractivity contribution is -0.232. The highest BCUT2D eigenvalue weighted by Gasteiger charge is 2.80. The van der Waals surface area contributed by atoms with Gasteiger partial charge in [0.1, 0.15) is 11.2 Å². The average molecular weight is 928 g/mol. The third-order valence-electron chi connectivity index (χ3n) is 16.0. The summed E-state index contributed by atoms with van der Waals surface area (Å²) in [7, 11) is 6.27. The number of aromatic amines is 1. The second-order valence-electron chi connectivity index (χ2n) is 19.1. The molecule has 6 N–H and O–H groups in total. The number of carboxylic acids is 2. The number of aliphatic hydroxyl groups excluding tert-OH is 2. The van der Waals surface area contributed by atoms with Gasteiger partial charge in [0.25, 0.3) is 0 Å². The normalized spacial score (nSPS) is 32.9. The lowest BCUT2D eigenvalue weighted by Crippen LogP contribution is -2.78. The highest BCUT2D eigenvalue weighted by molar-refractivity contribution is 5.95. The fourth-order valence-corrected chi connectivity index (χ4v) is 13.7. The zero-order chi connectivity index (χ0) is 48.5. The molecular formula is C50H61N3O14. The van der Waals surface area contributed by atoms with Crippen molar-refractivity contribution in [1.82, 2.24) is 9.88 Å². The highest BCUT2D eigenvalue weighted by atomic mass is 16.6. The van der Waals surface area contributed by atoms with Gasteiger partial charge in [-0.3, -0.25) is 14.5 Å². The number of carboxylic acid groups (broad SMARTS) is 2. The first-order valence-electron chi connectivity index (χ1n) is 22.9. The fraction of sp³-hybridized carbons (Fsp3) is 0.540. The Morgan fingerprint density at radius 3 is 2.24 bits per heavy atom. The van der Waals surface area contributed by atoms with E-state index < -0.39 is 70.1 Å². The first-order chi connectivity index (χ1) is 31.8. The second kappa shape index (κ2) is 17.4. The second-order valence-corrected chi connectivity index (χ2v) is 19.1. The fourth-order valence-electron chi connectivity index (χ4n) is 13.7. The number of allylic oxidation sites excluding steroid dienone is 1. The smallest absolute Gasteiger partial charge is 0.344 e. The number of rotatable bonds is 10. The molecule has 2 aromatic carbocycles. The monoisotopic (exact) mass is 927 g/mol. The SMILES string of the molecule is CCC1=CC2CN(C1)Cc1c([nH]c3ccccc13)[C@@](C(=O)OC)(c1cc3c(cc1OC)N(C)C1[C@]34CC[C@H]3CC=C[C@@](CC)(C34)[C@@H](OC(C)=O)[C@]1(O)C(=O)OC)C2.O=C(O)[C@H](O)[C@@H](O)C(=O)O. The maximum Gasteiger partial charge on any atom is 0.344 e. The molecule has 12 atom stereocenters. The topological polar surface area (TPSA) is 246 Å². The molecule has 4 unspecified atom stereocenters. The van der Waals surface area contributed by atoms with Crippen molar-refractivity contribution in [2.24, 2.45) is 23.2 Å². The van der Waals surface area contributed by atoms with Gasteiger partial charge in [-0.05, 0) is 79.5 Å². The molecular weight excluding hydrogens is 867 g/mol. The Balaban J connectivity index is 0.000000547. The molecule has 1 aromatic heterocycles. The molecule has 6 aliphatic rings. The molecule has 67 heavy (non-hydrogen) atoms. The number of methoxy groups -OCH3 is 3. The van der Waals surface area contributed by atoms with Crippen LogP contribution in [0.4, 0.5) is 5.69 Å². The molecule has 2 saturated carbocycles. The van der Waals surface area contributed by atoms with Gasteiger partial charge in [0.05, 0.1) is 27.4 Å². The number of H-pyrrole nitrogens is 1. The first kappa shape index (κ1) is 47.7. The van der Waals surface area contributed by atoms with Crippen molar-refractivity contribution in [2.45, 2.75) is 107 Å². The van der Waals surface area contributed by atoms with Crippen LogP contribution in [0.25, 0.3) is 10.9 Å². The van der Waals surface area contributed by atoms with Gasteiger partial charge in [-0.15, -0.1) is 0 Å². The van der Waals surface area contributed by atoms with Crippen LogP contribution in [-0.4, -0.2) is 137 Å². The van der Waals surface area contributed by atoms with E-state index in [9.17, 15) is 24.3 Å². The van der Waals surface area contributed by atoms with E-state index in [0.29, 0.717) is 37.1 Å². The minimum Gasteiger partial charge on any atom is -0.496 e. The highest BCUT2D eigenvalue weighted by Crippen LogP contribution is 2.73. The number of aliphatic hydroxyl groups is 3. The first-order valence-corrected chi connectivity index (χ1v) is 22.9. The quantitative estimate of drug-likeness (QED) is 0.0957. The van der Waals surface area contributed by atoms with Crippen LogP contribution in [0.1, 0.15) is 81.7 Å². The Bertz CT molecular complexity index is 2550. The van der Waals surface area contributed by atoms with E-state index in [0.717, 1.165) is 65.8 Å². The van der Waals surface area contributed by atoms with Crippen LogP contribution in [0.2, 0.25) is 0 Å². The summed E-state index contributed by atoms with van der Waals surface area (Å²) in [5, 5.41) is 46.9. The molecule has 2 fully saturated rings. The number of hydrogen-bond donors (Lipinski definition) is 6. The van der Waals surface area contributed by atoms with Crippen molar-refractivity contribution >= 4 is 46.4 Å². The van der Waals surface area contributed by atoms with Gasteiger partial charge < -0.3 is 54.4 Å². The van der Waals surface area contributed by atoms with Gasteiger partial charge in [0.2, 0.25) is 5.60 Å². The summed E-state index contributed by atoms with van der Waals surface area (Å²) in [5.74, 6) is -4.69. The molecule has 0 radical (unpaired) electrons. The van der Waals surface area contributed by atoms with Gasteiger partial charge in [-0.25, -0.2) is 14.4 Å². The number of benzene rings is 2. The number of para-hydroxylation sites is 1. The number of hydrogen-bond acceptors (Lipinski definition) is 14. The molecule has 0 saturated heterocycles. The minimum atomic E-state index is -2.27. The van der Waals surface area contributed by atoms with Crippen molar-refractivity contribution in [3.05, 3.63) is 82.6 Å². The van der Waals surface area contributed by atoms with E-state index in [1.165, 1.54) is 26.7 Å². The van der Waals surface area contributed by atoms with Crippen LogP contribution < -0.4 is 9.64 Å². The molecule has 9 rings (SSSR count). The molecule has 17 nitrogen and oxygen atoms in total. The van der Waals surface area contributed by atoms with Gasteiger partial charge in [-0.1, -0.05) is 55.8 Å². The maximum atomic E-state index is 15.2. The van der Waals surface area contributed by atoms with E-state index in [2.05, 4.69) is 60.2 Å². The van der Waals surface area contributed by atoms with Crippen molar-refractivity contribution in [3.8, 4) is 5.75 Å². The number of nitrogens with zero attached hydrogens (tertiary/aromatic N) is 2. The van der Waals surface area contributed by atoms with Gasteiger partial charge >= 0.3 is 29.8 Å². The lowest BCUT2D eigenvalue weighted by Gasteiger charge is -2.63. The summed E-state index contributed by atoms with van der Waals surface area (Å²) in [5.41, 5.74) is 1.35. The molecule has 17 heteroatoms. The number of carbonyl (C=O) groups excluding carboxylic acids is 3. The molecule has 1 spiro atoms. The summed E-state index contributed by atoms with van der Waals surface area (Å²) in [6.45, 7) is 7.90. The van der Waals surface area contributed by atoms with Crippen molar-refractivity contribution < 1.29 is 68.5 Å².